The third-order valence-corrected chi connectivity index (χ3v) is 4.39. The van der Waals surface area contributed by atoms with Gasteiger partial charge in [-0.15, -0.1) is 0 Å². The van der Waals surface area contributed by atoms with Crippen LogP contribution in [0.4, 0.5) is 5.69 Å². The first-order chi connectivity index (χ1) is 11.9. The molecule has 2 aromatic rings. The molecule has 1 aliphatic rings. The lowest BCUT2D eigenvalue weighted by Crippen LogP contribution is -2.27. The number of fused-ring (bicyclic) bond motifs is 1. The van der Waals surface area contributed by atoms with Crippen molar-refractivity contribution in [3.63, 3.8) is 0 Å². The molecule has 0 bridgehead atoms. The van der Waals surface area contributed by atoms with Crippen LogP contribution >= 0.6 is 23.2 Å². The lowest BCUT2D eigenvalue weighted by atomic mass is 10.1. The lowest BCUT2D eigenvalue weighted by molar-refractivity contribution is -0.118. The summed E-state index contributed by atoms with van der Waals surface area (Å²) in [6.07, 6.45) is 0. The molecule has 7 heteroatoms. The number of hydrogen-bond donors (Lipinski definition) is 1. The number of likely N-dealkylation sites (N-methyl/N-ethyl adjacent to an activating group) is 1. The molecule has 0 spiro atoms. The summed E-state index contributed by atoms with van der Waals surface area (Å²) in [4.78, 5) is 25.8. The topological polar surface area (TPSA) is 58.6 Å². The van der Waals surface area contributed by atoms with Crippen LogP contribution in [0.1, 0.15) is 15.9 Å². The van der Waals surface area contributed by atoms with E-state index < -0.39 is 0 Å². The second kappa shape index (κ2) is 7.44. The van der Waals surface area contributed by atoms with Crippen molar-refractivity contribution < 1.29 is 14.3 Å². The van der Waals surface area contributed by atoms with Crippen LogP contribution in [0.2, 0.25) is 10.0 Å². The Labute approximate surface area is 155 Å². The first kappa shape index (κ1) is 17.7. The Hall–Kier alpha value is -2.08. The standard InChI is InChI=1S/C18H16Cl2N2O3/c1-22(8-12-2-4-13(19)7-14(12)20)9-16(23)11-3-5-17-15(6-11)21-18(24)10-25-17/h2-7H,8-10H2,1H3,(H,21,24). The van der Waals surface area contributed by atoms with Crippen LogP contribution in [0.25, 0.3) is 0 Å². The van der Waals surface area contributed by atoms with E-state index >= 15 is 0 Å². The molecule has 0 atom stereocenters. The molecule has 1 N–H and O–H groups in total. The Balaban J connectivity index is 1.67. The van der Waals surface area contributed by atoms with Gasteiger partial charge in [0, 0.05) is 22.2 Å². The quantitative estimate of drug-likeness (QED) is 0.806. The Morgan fingerprint density at radius 2 is 2.04 bits per heavy atom. The number of halogens is 2. The van der Waals surface area contributed by atoms with Gasteiger partial charge >= 0.3 is 0 Å². The summed E-state index contributed by atoms with van der Waals surface area (Å²) in [5.41, 5.74) is 1.93. The maximum atomic E-state index is 12.5. The Morgan fingerprint density at radius 3 is 2.80 bits per heavy atom. The molecular weight excluding hydrogens is 363 g/mol. The second-order valence-corrected chi connectivity index (χ2v) is 6.72. The minimum atomic E-state index is -0.230. The number of anilines is 1. The van der Waals surface area contributed by atoms with Crippen LogP contribution in [0.5, 0.6) is 5.75 Å². The molecule has 0 aromatic heterocycles. The van der Waals surface area contributed by atoms with Crippen LogP contribution in [0.3, 0.4) is 0 Å². The van der Waals surface area contributed by atoms with Crippen molar-refractivity contribution in [2.24, 2.45) is 0 Å². The van der Waals surface area contributed by atoms with Crippen molar-refractivity contribution in [1.82, 2.24) is 4.90 Å². The molecule has 25 heavy (non-hydrogen) atoms. The maximum absolute atomic E-state index is 12.5. The SMILES string of the molecule is CN(CC(=O)c1ccc2c(c1)NC(=O)CO2)Cc1ccc(Cl)cc1Cl. The minimum absolute atomic E-state index is 0.00905. The van der Waals surface area contributed by atoms with Crippen LogP contribution < -0.4 is 10.1 Å². The Kier molecular flexibility index (Phi) is 5.27. The van der Waals surface area contributed by atoms with Gasteiger partial charge in [-0.3, -0.25) is 14.5 Å². The van der Waals surface area contributed by atoms with E-state index in [1.54, 1.807) is 30.3 Å². The van der Waals surface area contributed by atoms with E-state index in [9.17, 15) is 9.59 Å². The van der Waals surface area contributed by atoms with Crippen LogP contribution in [0.15, 0.2) is 36.4 Å². The first-order valence-electron chi connectivity index (χ1n) is 7.65. The van der Waals surface area contributed by atoms with Gasteiger partial charge in [-0.2, -0.15) is 0 Å². The number of carbonyl (C=O) groups excluding carboxylic acids is 2. The van der Waals surface area contributed by atoms with E-state index in [1.165, 1.54) is 0 Å². The number of nitrogens with zero attached hydrogens (tertiary/aromatic N) is 1. The lowest BCUT2D eigenvalue weighted by Gasteiger charge is -2.19. The van der Waals surface area contributed by atoms with Crippen molar-refractivity contribution >= 4 is 40.6 Å². The van der Waals surface area contributed by atoms with E-state index in [2.05, 4.69) is 5.32 Å². The largest absolute Gasteiger partial charge is 0.482 e. The molecule has 130 valence electrons. The Morgan fingerprint density at radius 1 is 1.24 bits per heavy atom. The van der Waals surface area contributed by atoms with Gasteiger partial charge in [-0.1, -0.05) is 29.3 Å². The molecular formula is C18H16Cl2N2O3. The van der Waals surface area contributed by atoms with Crippen LogP contribution in [-0.4, -0.2) is 36.8 Å². The number of amides is 1. The maximum Gasteiger partial charge on any atom is 0.262 e. The van der Waals surface area contributed by atoms with Gasteiger partial charge in [0.1, 0.15) is 5.75 Å². The predicted octanol–water partition coefficient (Wildman–Crippen LogP) is 3.64. The molecule has 2 aromatic carbocycles. The van der Waals surface area contributed by atoms with Gasteiger partial charge in [0.05, 0.1) is 12.2 Å². The van der Waals surface area contributed by atoms with E-state index in [1.807, 2.05) is 18.0 Å². The number of benzene rings is 2. The van der Waals surface area contributed by atoms with Crippen molar-refractivity contribution in [2.45, 2.75) is 6.54 Å². The van der Waals surface area contributed by atoms with E-state index in [0.717, 1.165) is 5.56 Å². The number of nitrogens with one attached hydrogen (secondary N) is 1. The van der Waals surface area contributed by atoms with Gasteiger partial charge in [-0.05, 0) is 42.9 Å². The normalized spacial score (nSPS) is 13.2. The molecule has 5 nitrogen and oxygen atoms in total. The predicted molar refractivity (Wildman–Crippen MR) is 97.7 cm³/mol. The van der Waals surface area contributed by atoms with Crippen LogP contribution in [-0.2, 0) is 11.3 Å². The fraction of sp³-hybridized carbons (Fsp3) is 0.222. The van der Waals surface area contributed by atoms with Crippen molar-refractivity contribution in [2.75, 3.05) is 25.5 Å². The number of Topliss-reactive ketones (excluding diaryl/α,β-unsaturated/α-hetero) is 1. The van der Waals surface area contributed by atoms with Gasteiger partial charge in [0.15, 0.2) is 12.4 Å². The van der Waals surface area contributed by atoms with Gasteiger partial charge in [0.25, 0.3) is 5.91 Å². The highest BCUT2D eigenvalue weighted by Gasteiger charge is 2.18. The summed E-state index contributed by atoms with van der Waals surface area (Å²) in [7, 11) is 1.84. The van der Waals surface area contributed by atoms with E-state index in [4.69, 9.17) is 27.9 Å². The number of rotatable bonds is 5. The third kappa shape index (κ3) is 4.31. The monoisotopic (exact) mass is 378 g/mol. The Bertz CT molecular complexity index is 839. The summed E-state index contributed by atoms with van der Waals surface area (Å²) in [6, 6.07) is 10.3. The highest BCUT2D eigenvalue weighted by Crippen LogP contribution is 2.28. The highest BCUT2D eigenvalue weighted by atomic mass is 35.5. The molecule has 1 amide bonds. The minimum Gasteiger partial charge on any atom is -0.482 e. The average molecular weight is 379 g/mol. The van der Waals surface area contributed by atoms with Crippen molar-refractivity contribution in [1.29, 1.82) is 0 Å². The second-order valence-electron chi connectivity index (χ2n) is 5.88. The molecule has 1 aliphatic heterocycles. The summed E-state index contributed by atoms with van der Waals surface area (Å²) in [6.45, 7) is 0.726. The molecule has 0 radical (unpaired) electrons. The zero-order valence-electron chi connectivity index (χ0n) is 13.5. The summed E-state index contributed by atoms with van der Waals surface area (Å²) in [5, 5.41) is 3.85. The van der Waals surface area contributed by atoms with E-state index in [-0.39, 0.29) is 24.8 Å². The van der Waals surface area contributed by atoms with Crippen LogP contribution in [0, 0.1) is 0 Å². The van der Waals surface area contributed by atoms with Gasteiger partial charge in [0.2, 0.25) is 0 Å². The summed E-state index contributed by atoms with van der Waals surface area (Å²) in [5.74, 6) is 0.277. The fourth-order valence-electron chi connectivity index (χ4n) is 2.59. The molecule has 1 heterocycles. The number of ether oxygens (including phenoxy) is 1. The zero-order valence-corrected chi connectivity index (χ0v) is 15.0. The third-order valence-electron chi connectivity index (χ3n) is 3.80. The summed E-state index contributed by atoms with van der Waals surface area (Å²) < 4.78 is 5.29. The molecule has 0 saturated heterocycles. The van der Waals surface area contributed by atoms with Gasteiger partial charge < -0.3 is 10.1 Å². The molecule has 0 fully saturated rings. The summed E-state index contributed by atoms with van der Waals surface area (Å²) >= 11 is 12.1. The van der Waals surface area contributed by atoms with Gasteiger partial charge in [-0.25, -0.2) is 0 Å². The van der Waals surface area contributed by atoms with E-state index in [0.29, 0.717) is 33.6 Å². The number of ketones is 1. The number of hydrogen-bond acceptors (Lipinski definition) is 4. The molecule has 0 unspecified atom stereocenters. The molecule has 0 aliphatic carbocycles. The molecule has 0 saturated carbocycles. The fourth-order valence-corrected chi connectivity index (χ4v) is 3.06. The smallest absolute Gasteiger partial charge is 0.262 e. The zero-order chi connectivity index (χ0) is 18.0. The van der Waals surface area contributed by atoms with Crippen molar-refractivity contribution in [3.8, 4) is 5.75 Å². The number of carbonyl (C=O) groups is 2. The highest BCUT2D eigenvalue weighted by molar-refractivity contribution is 6.35. The molecule has 3 rings (SSSR count). The first-order valence-corrected chi connectivity index (χ1v) is 8.40. The van der Waals surface area contributed by atoms with Crippen molar-refractivity contribution in [3.05, 3.63) is 57.6 Å². The average Bonchev–Trinajstić information content (AvgIpc) is 2.56.